The Labute approximate surface area is 141 Å². The topological polar surface area (TPSA) is 53.2 Å². The van der Waals surface area contributed by atoms with Crippen LogP contribution in [0.4, 0.5) is 5.69 Å². The standard InChI is InChI=1S/C19H22N4O/c1-24-18-5-2-14(3-6-18)12-23-9-8-17(13-23)21-16-4-7-19-15(10-16)11-20-22-19/h2-7,10-11,17,21H,8-9,12-13H2,1H3,(H,20,22). The number of anilines is 1. The number of fused-ring (bicyclic) bond motifs is 1. The fraction of sp³-hybridized carbons (Fsp3) is 0.316. The Morgan fingerprint density at radius 2 is 2.12 bits per heavy atom. The third-order valence-electron chi connectivity index (χ3n) is 4.65. The maximum Gasteiger partial charge on any atom is 0.118 e. The van der Waals surface area contributed by atoms with Crippen molar-refractivity contribution in [2.75, 3.05) is 25.5 Å². The van der Waals surface area contributed by atoms with Gasteiger partial charge in [0.2, 0.25) is 0 Å². The van der Waals surface area contributed by atoms with Crippen LogP contribution in [-0.2, 0) is 6.54 Å². The lowest BCUT2D eigenvalue weighted by Crippen LogP contribution is -2.25. The molecule has 3 aromatic rings. The van der Waals surface area contributed by atoms with E-state index in [4.69, 9.17) is 4.74 Å². The van der Waals surface area contributed by atoms with E-state index in [1.165, 1.54) is 17.7 Å². The Morgan fingerprint density at radius 1 is 1.25 bits per heavy atom. The van der Waals surface area contributed by atoms with Crippen LogP contribution in [0.1, 0.15) is 12.0 Å². The van der Waals surface area contributed by atoms with Gasteiger partial charge in [-0.25, -0.2) is 0 Å². The van der Waals surface area contributed by atoms with E-state index in [9.17, 15) is 0 Å². The molecule has 124 valence electrons. The molecule has 0 amide bonds. The number of rotatable bonds is 5. The van der Waals surface area contributed by atoms with Crippen molar-refractivity contribution >= 4 is 16.6 Å². The third kappa shape index (κ3) is 3.21. The molecule has 1 unspecified atom stereocenters. The summed E-state index contributed by atoms with van der Waals surface area (Å²) in [6.45, 7) is 3.18. The van der Waals surface area contributed by atoms with Gasteiger partial charge in [-0.3, -0.25) is 10.00 Å². The van der Waals surface area contributed by atoms with Crippen LogP contribution in [0.15, 0.2) is 48.7 Å². The minimum Gasteiger partial charge on any atom is -0.497 e. The molecule has 2 N–H and O–H groups in total. The van der Waals surface area contributed by atoms with Gasteiger partial charge in [0.15, 0.2) is 0 Å². The van der Waals surface area contributed by atoms with Crippen LogP contribution >= 0.6 is 0 Å². The number of hydrogen-bond donors (Lipinski definition) is 2. The molecule has 1 fully saturated rings. The molecule has 0 spiro atoms. The van der Waals surface area contributed by atoms with Crippen LogP contribution in [0.2, 0.25) is 0 Å². The molecule has 2 aromatic carbocycles. The van der Waals surface area contributed by atoms with Gasteiger partial charge in [-0.15, -0.1) is 0 Å². The fourth-order valence-electron chi connectivity index (χ4n) is 3.35. The first-order valence-corrected chi connectivity index (χ1v) is 8.35. The highest BCUT2D eigenvalue weighted by Crippen LogP contribution is 2.21. The average molecular weight is 322 g/mol. The average Bonchev–Trinajstić information content (AvgIpc) is 3.24. The number of aromatic amines is 1. The normalized spacial score (nSPS) is 18.1. The summed E-state index contributed by atoms with van der Waals surface area (Å²) in [5, 5.41) is 11.9. The first-order valence-electron chi connectivity index (χ1n) is 8.35. The molecule has 4 rings (SSSR count). The summed E-state index contributed by atoms with van der Waals surface area (Å²) in [6.07, 6.45) is 3.03. The van der Waals surface area contributed by atoms with E-state index in [1.54, 1.807) is 7.11 Å². The molecular weight excluding hydrogens is 300 g/mol. The molecule has 1 saturated heterocycles. The van der Waals surface area contributed by atoms with Gasteiger partial charge in [0, 0.05) is 36.7 Å². The van der Waals surface area contributed by atoms with Gasteiger partial charge in [0.25, 0.3) is 0 Å². The molecule has 0 aliphatic carbocycles. The highest BCUT2D eigenvalue weighted by molar-refractivity contribution is 5.81. The maximum atomic E-state index is 5.22. The van der Waals surface area contributed by atoms with Crippen molar-refractivity contribution in [3.63, 3.8) is 0 Å². The van der Waals surface area contributed by atoms with Crippen molar-refractivity contribution in [3.05, 3.63) is 54.2 Å². The summed E-state index contributed by atoms with van der Waals surface area (Å²) in [5.74, 6) is 0.911. The second-order valence-corrected chi connectivity index (χ2v) is 6.39. The quantitative estimate of drug-likeness (QED) is 0.757. The lowest BCUT2D eigenvalue weighted by molar-refractivity contribution is 0.328. The monoisotopic (exact) mass is 322 g/mol. The molecule has 5 heteroatoms. The Kier molecular flexibility index (Phi) is 4.09. The zero-order valence-electron chi connectivity index (χ0n) is 13.8. The van der Waals surface area contributed by atoms with E-state index in [-0.39, 0.29) is 0 Å². The van der Waals surface area contributed by atoms with Crippen molar-refractivity contribution < 1.29 is 4.74 Å². The zero-order valence-corrected chi connectivity index (χ0v) is 13.8. The van der Waals surface area contributed by atoms with E-state index in [0.29, 0.717) is 6.04 Å². The van der Waals surface area contributed by atoms with E-state index >= 15 is 0 Å². The van der Waals surface area contributed by atoms with Crippen molar-refractivity contribution in [2.45, 2.75) is 19.0 Å². The highest BCUT2D eigenvalue weighted by Gasteiger charge is 2.22. The van der Waals surface area contributed by atoms with Gasteiger partial charge >= 0.3 is 0 Å². The summed E-state index contributed by atoms with van der Waals surface area (Å²) in [6, 6.07) is 15.2. The van der Waals surface area contributed by atoms with Gasteiger partial charge in [-0.1, -0.05) is 12.1 Å². The number of H-pyrrole nitrogens is 1. The summed E-state index contributed by atoms with van der Waals surface area (Å²) in [7, 11) is 1.70. The van der Waals surface area contributed by atoms with Crippen LogP contribution in [-0.4, -0.2) is 41.3 Å². The Balaban J connectivity index is 1.35. The first kappa shape index (κ1) is 15.0. The van der Waals surface area contributed by atoms with Crippen LogP contribution in [0.25, 0.3) is 10.9 Å². The molecular formula is C19H22N4O. The highest BCUT2D eigenvalue weighted by atomic mass is 16.5. The van der Waals surface area contributed by atoms with Crippen LogP contribution in [0.5, 0.6) is 5.75 Å². The van der Waals surface area contributed by atoms with E-state index in [1.807, 2.05) is 18.3 Å². The number of methoxy groups -OCH3 is 1. The van der Waals surface area contributed by atoms with E-state index in [0.717, 1.165) is 36.3 Å². The van der Waals surface area contributed by atoms with Crippen LogP contribution in [0, 0.1) is 0 Å². The minimum atomic E-state index is 0.493. The van der Waals surface area contributed by atoms with Crippen LogP contribution < -0.4 is 10.1 Å². The molecule has 1 aliphatic rings. The predicted octanol–water partition coefficient (Wildman–Crippen LogP) is 3.26. The molecule has 24 heavy (non-hydrogen) atoms. The molecule has 0 radical (unpaired) electrons. The maximum absolute atomic E-state index is 5.22. The van der Waals surface area contributed by atoms with Crippen molar-refractivity contribution in [2.24, 2.45) is 0 Å². The SMILES string of the molecule is COc1ccc(CN2CCC(Nc3ccc4[nH]ncc4c3)C2)cc1. The summed E-state index contributed by atoms with van der Waals surface area (Å²) in [4.78, 5) is 2.50. The molecule has 5 nitrogen and oxygen atoms in total. The molecule has 0 bridgehead atoms. The fourth-order valence-corrected chi connectivity index (χ4v) is 3.35. The number of likely N-dealkylation sites (tertiary alicyclic amines) is 1. The Hall–Kier alpha value is -2.53. The van der Waals surface area contributed by atoms with Crippen molar-refractivity contribution in [3.8, 4) is 5.75 Å². The number of aromatic nitrogens is 2. The Morgan fingerprint density at radius 3 is 2.96 bits per heavy atom. The van der Waals surface area contributed by atoms with Crippen molar-refractivity contribution in [1.29, 1.82) is 0 Å². The van der Waals surface area contributed by atoms with Crippen LogP contribution in [0.3, 0.4) is 0 Å². The summed E-state index contributed by atoms with van der Waals surface area (Å²) >= 11 is 0. The Bertz CT molecular complexity index is 812. The van der Waals surface area contributed by atoms with Gasteiger partial charge < -0.3 is 10.1 Å². The molecule has 1 aromatic heterocycles. The molecule has 2 heterocycles. The number of nitrogens with one attached hydrogen (secondary N) is 2. The lowest BCUT2D eigenvalue weighted by atomic mass is 10.2. The summed E-state index contributed by atoms with van der Waals surface area (Å²) in [5.41, 5.74) is 3.57. The largest absolute Gasteiger partial charge is 0.497 e. The summed E-state index contributed by atoms with van der Waals surface area (Å²) < 4.78 is 5.22. The van der Waals surface area contributed by atoms with E-state index in [2.05, 4.69) is 50.7 Å². The predicted molar refractivity (Wildman–Crippen MR) is 96.4 cm³/mol. The number of ether oxygens (including phenoxy) is 1. The zero-order chi connectivity index (χ0) is 16.4. The molecule has 1 aliphatic heterocycles. The van der Waals surface area contributed by atoms with E-state index < -0.39 is 0 Å². The second kappa shape index (κ2) is 6.53. The number of benzene rings is 2. The second-order valence-electron chi connectivity index (χ2n) is 6.39. The minimum absolute atomic E-state index is 0.493. The third-order valence-corrected chi connectivity index (χ3v) is 4.65. The number of nitrogens with zero attached hydrogens (tertiary/aromatic N) is 2. The number of hydrogen-bond acceptors (Lipinski definition) is 4. The lowest BCUT2D eigenvalue weighted by Gasteiger charge is -2.17. The van der Waals surface area contributed by atoms with Gasteiger partial charge in [-0.05, 0) is 42.3 Å². The van der Waals surface area contributed by atoms with Gasteiger partial charge in [0.05, 0.1) is 18.8 Å². The molecule has 0 saturated carbocycles. The van der Waals surface area contributed by atoms with Crippen molar-refractivity contribution in [1.82, 2.24) is 15.1 Å². The molecule has 1 atom stereocenters. The first-order chi connectivity index (χ1) is 11.8. The van der Waals surface area contributed by atoms with Gasteiger partial charge in [-0.2, -0.15) is 5.10 Å². The smallest absolute Gasteiger partial charge is 0.118 e. The van der Waals surface area contributed by atoms with Gasteiger partial charge in [0.1, 0.15) is 5.75 Å².